The van der Waals surface area contributed by atoms with Crippen LogP contribution in [0, 0.1) is 5.92 Å². The number of aromatic nitrogens is 1. The van der Waals surface area contributed by atoms with Gasteiger partial charge in [-0.05, 0) is 38.1 Å². The van der Waals surface area contributed by atoms with Crippen molar-refractivity contribution >= 4 is 11.8 Å². The number of hydrogen-bond donors (Lipinski definition) is 1. The fourth-order valence-corrected chi connectivity index (χ4v) is 3.69. The van der Waals surface area contributed by atoms with Gasteiger partial charge in [0, 0.05) is 31.7 Å². The van der Waals surface area contributed by atoms with Gasteiger partial charge in [-0.25, -0.2) is 0 Å². The number of nitrogens with zero attached hydrogens (tertiary/aromatic N) is 3. The SMILES string of the molecule is CCN1CCC[C@@H]1CNC(=O)[C@@H]1CC(=O)N(Cc2ccccn2)C1. The number of pyridine rings is 1. The lowest BCUT2D eigenvalue weighted by Gasteiger charge is -2.23. The predicted octanol–water partition coefficient (Wildman–Crippen LogP) is 1.03. The van der Waals surface area contributed by atoms with Crippen LogP contribution in [0.1, 0.15) is 31.9 Å². The molecule has 6 heteroatoms. The van der Waals surface area contributed by atoms with Crippen molar-refractivity contribution in [2.45, 2.75) is 38.8 Å². The molecule has 1 N–H and O–H groups in total. The molecule has 2 aliphatic rings. The third kappa shape index (κ3) is 3.93. The van der Waals surface area contributed by atoms with Crippen LogP contribution in [0.2, 0.25) is 0 Å². The molecule has 2 fully saturated rings. The van der Waals surface area contributed by atoms with E-state index >= 15 is 0 Å². The lowest BCUT2D eigenvalue weighted by Crippen LogP contribution is -2.42. The Morgan fingerprint density at radius 2 is 2.29 bits per heavy atom. The minimum Gasteiger partial charge on any atom is -0.354 e. The number of rotatable bonds is 6. The molecular formula is C18H26N4O2. The van der Waals surface area contributed by atoms with Crippen LogP contribution in [0.5, 0.6) is 0 Å². The molecule has 3 rings (SSSR count). The first kappa shape index (κ1) is 16.9. The van der Waals surface area contributed by atoms with E-state index in [0.717, 1.165) is 25.2 Å². The monoisotopic (exact) mass is 330 g/mol. The molecule has 0 aliphatic carbocycles. The van der Waals surface area contributed by atoms with Crippen LogP contribution in [-0.2, 0) is 16.1 Å². The second kappa shape index (κ2) is 7.75. The summed E-state index contributed by atoms with van der Waals surface area (Å²) in [6, 6.07) is 6.11. The Bertz CT molecular complexity index is 578. The highest BCUT2D eigenvalue weighted by molar-refractivity contribution is 5.89. The highest BCUT2D eigenvalue weighted by Crippen LogP contribution is 2.20. The zero-order valence-electron chi connectivity index (χ0n) is 14.3. The molecule has 0 aromatic carbocycles. The Morgan fingerprint density at radius 3 is 3.04 bits per heavy atom. The van der Waals surface area contributed by atoms with E-state index < -0.39 is 0 Å². The molecule has 2 saturated heterocycles. The minimum atomic E-state index is -0.238. The average molecular weight is 330 g/mol. The molecule has 0 saturated carbocycles. The smallest absolute Gasteiger partial charge is 0.225 e. The zero-order chi connectivity index (χ0) is 16.9. The van der Waals surface area contributed by atoms with Gasteiger partial charge in [0.15, 0.2) is 0 Å². The quantitative estimate of drug-likeness (QED) is 0.846. The molecule has 130 valence electrons. The topological polar surface area (TPSA) is 65.5 Å². The number of hydrogen-bond acceptors (Lipinski definition) is 4. The Kier molecular flexibility index (Phi) is 5.45. The third-order valence-electron chi connectivity index (χ3n) is 5.08. The molecule has 1 aromatic rings. The number of amides is 2. The van der Waals surface area contributed by atoms with Gasteiger partial charge in [0.1, 0.15) is 0 Å². The molecule has 0 unspecified atom stereocenters. The van der Waals surface area contributed by atoms with E-state index in [2.05, 4.69) is 22.1 Å². The van der Waals surface area contributed by atoms with Crippen LogP contribution in [-0.4, -0.2) is 58.8 Å². The molecule has 0 bridgehead atoms. The summed E-state index contributed by atoms with van der Waals surface area (Å²) >= 11 is 0. The molecule has 0 radical (unpaired) electrons. The van der Waals surface area contributed by atoms with Crippen molar-refractivity contribution in [2.75, 3.05) is 26.2 Å². The maximum absolute atomic E-state index is 12.4. The summed E-state index contributed by atoms with van der Waals surface area (Å²) in [5, 5.41) is 3.06. The molecule has 24 heavy (non-hydrogen) atoms. The van der Waals surface area contributed by atoms with Crippen LogP contribution < -0.4 is 5.32 Å². The van der Waals surface area contributed by atoms with Crippen LogP contribution in [0.15, 0.2) is 24.4 Å². The zero-order valence-corrected chi connectivity index (χ0v) is 14.3. The van der Waals surface area contributed by atoms with Crippen molar-refractivity contribution in [3.8, 4) is 0 Å². The lowest BCUT2D eigenvalue weighted by molar-refractivity contribution is -0.129. The van der Waals surface area contributed by atoms with E-state index in [-0.39, 0.29) is 17.7 Å². The number of nitrogens with one attached hydrogen (secondary N) is 1. The minimum absolute atomic E-state index is 0.00910. The van der Waals surface area contributed by atoms with Crippen LogP contribution in [0.25, 0.3) is 0 Å². The van der Waals surface area contributed by atoms with Gasteiger partial charge in [-0.15, -0.1) is 0 Å². The summed E-state index contributed by atoms with van der Waals surface area (Å²) in [6.07, 6.45) is 4.37. The molecule has 1 aromatic heterocycles. The Balaban J connectivity index is 1.49. The highest BCUT2D eigenvalue weighted by atomic mass is 16.2. The molecule has 2 atom stereocenters. The van der Waals surface area contributed by atoms with E-state index in [1.54, 1.807) is 11.1 Å². The van der Waals surface area contributed by atoms with Crippen molar-refractivity contribution in [3.63, 3.8) is 0 Å². The van der Waals surface area contributed by atoms with Gasteiger partial charge >= 0.3 is 0 Å². The van der Waals surface area contributed by atoms with Crippen LogP contribution in [0.3, 0.4) is 0 Å². The van der Waals surface area contributed by atoms with Crippen molar-refractivity contribution < 1.29 is 9.59 Å². The normalized spacial score (nSPS) is 24.5. The summed E-state index contributed by atoms with van der Waals surface area (Å²) in [7, 11) is 0. The van der Waals surface area contributed by atoms with Gasteiger partial charge in [0.25, 0.3) is 0 Å². The number of carbonyl (C=O) groups is 2. The van der Waals surface area contributed by atoms with E-state index in [0.29, 0.717) is 32.1 Å². The molecule has 0 spiro atoms. The number of likely N-dealkylation sites (tertiary alicyclic amines) is 2. The van der Waals surface area contributed by atoms with Gasteiger partial charge < -0.3 is 10.2 Å². The summed E-state index contributed by atoms with van der Waals surface area (Å²) in [4.78, 5) is 33.0. The first-order valence-corrected chi connectivity index (χ1v) is 8.86. The maximum Gasteiger partial charge on any atom is 0.225 e. The molecular weight excluding hydrogens is 304 g/mol. The maximum atomic E-state index is 12.4. The van der Waals surface area contributed by atoms with Gasteiger partial charge in [0.05, 0.1) is 18.2 Å². The Morgan fingerprint density at radius 1 is 1.42 bits per heavy atom. The van der Waals surface area contributed by atoms with Crippen molar-refractivity contribution in [1.82, 2.24) is 20.1 Å². The Hall–Kier alpha value is -1.95. The van der Waals surface area contributed by atoms with E-state index in [1.807, 2.05) is 18.2 Å². The summed E-state index contributed by atoms with van der Waals surface area (Å²) in [6.45, 7) is 5.97. The molecule has 3 heterocycles. The van der Waals surface area contributed by atoms with Gasteiger partial charge in [-0.3, -0.25) is 19.5 Å². The van der Waals surface area contributed by atoms with E-state index in [9.17, 15) is 9.59 Å². The number of likely N-dealkylation sites (N-methyl/N-ethyl adjacent to an activating group) is 1. The third-order valence-corrected chi connectivity index (χ3v) is 5.08. The highest BCUT2D eigenvalue weighted by Gasteiger charge is 2.35. The molecule has 2 aliphatic heterocycles. The first-order chi connectivity index (χ1) is 11.7. The van der Waals surface area contributed by atoms with Crippen molar-refractivity contribution in [1.29, 1.82) is 0 Å². The molecule has 6 nitrogen and oxygen atoms in total. The summed E-state index contributed by atoms with van der Waals surface area (Å²) in [5.74, 6) is -0.190. The average Bonchev–Trinajstić information content (AvgIpc) is 3.20. The van der Waals surface area contributed by atoms with Gasteiger partial charge in [-0.2, -0.15) is 0 Å². The second-order valence-electron chi connectivity index (χ2n) is 6.67. The van der Waals surface area contributed by atoms with E-state index in [4.69, 9.17) is 0 Å². The Labute approximate surface area is 143 Å². The largest absolute Gasteiger partial charge is 0.354 e. The standard InChI is InChI=1S/C18H26N4O2/c1-2-21-9-5-7-16(21)11-20-18(24)14-10-17(23)22(12-14)13-15-6-3-4-8-19-15/h3-4,6,8,14,16H,2,5,7,9-13H2,1H3,(H,20,24)/t14-,16-/m1/s1. The predicted molar refractivity (Wildman–Crippen MR) is 91.0 cm³/mol. The first-order valence-electron chi connectivity index (χ1n) is 8.86. The molecule has 2 amide bonds. The van der Waals surface area contributed by atoms with Gasteiger partial charge in [-0.1, -0.05) is 13.0 Å². The fourth-order valence-electron chi connectivity index (χ4n) is 3.69. The van der Waals surface area contributed by atoms with Gasteiger partial charge in [0.2, 0.25) is 11.8 Å². The van der Waals surface area contributed by atoms with Crippen molar-refractivity contribution in [3.05, 3.63) is 30.1 Å². The lowest BCUT2D eigenvalue weighted by atomic mass is 10.1. The van der Waals surface area contributed by atoms with Crippen LogP contribution >= 0.6 is 0 Å². The fraction of sp³-hybridized carbons (Fsp3) is 0.611. The van der Waals surface area contributed by atoms with Crippen molar-refractivity contribution in [2.24, 2.45) is 5.92 Å². The second-order valence-corrected chi connectivity index (χ2v) is 6.67. The summed E-state index contributed by atoms with van der Waals surface area (Å²) < 4.78 is 0. The van der Waals surface area contributed by atoms with Crippen LogP contribution in [0.4, 0.5) is 0 Å². The van der Waals surface area contributed by atoms with E-state index in [1.165, 1.54) is 6.42 Å². The number of carbonyl (C=O) groups excluding carboxylic acids is 2. The summed E-state index contributed by atoms with van der Waals surface area (Å²) in [5.41, 5.74) is 0.858.